The molecule has 6 N–H and O–H groups in total. The standard InChI is InChI=1S/C12H12N2O2S2/c13-9-3-1-7(15)5-11(9)17-18-12-6-8(16)2-4-10(12)14/h1-6,15-16H,13-14H2. The van der Waals surface area contributed by atoms with Crippen molar-refractivity contribution in [3.63, 3.8) is 0 Å². The zero-order valence-corrected chi connectivity index (χ0v) is 11.0. The Morgan fingerprint density at radius 1 is 0.722 bits per heavy atom. The molecule has 2 aromatic rings. The van der Waals surface area contributed by atoms with E-state index >= 15 is 0 Å². The molecule has 94 valence electrons. The van der Waals surface area contributed by atoms with Gasteiger partial charge < -0.3 is 21.7 Å². The Hall–Kier alpha value is -1.66. The topological polar surface area (TPSA) is 92.5 Å². The van der Waals surface area contributed by atoms with Gasteiger partial charge in [-0.2, -0.15) is 0 Å². The molecule has 0 unspecified atom stereocenters. The van der Waals surface area contributed by atoms with Crippen LogP contribution < -0.4 is 11.5 Å². The minimum atomic E-state index is 0.163. The van der Waals surface area contributed by atoms with Gasteiger partial charge in [0, 0.05) is 21.2 Å². The predicted octanol–water partition coefficient (Wildman–Crippen LogP) is 3.06. The number of aromatic hydroxyl groups is 2. The van der Waals surface area contributed by atoms with Crippen molar-refractivity contribution < 1.29 is 10.2 Å². The Morgan fingerprint density at radius 3 is 1.50 bits per heavy atom. The summed E-state index contributed by atoms with van der Waals surface area (Å²) in [6.07, 6.45) is 0. The molecule has 0 saturated heterocycles. The van der Waals surface area contributed by atoms with Crippen LogP contribution in [-0.2, 0) is 0 Å². The Kier molecular flexibility index (Phi) is 3.78. The van der Waals surface area contributed by atoms with Crippen LogP contribution in [0.3, 0.4) is 0 Å². The number of nitrogen functional groups attached to an aromatic ring is 2. The van der Waals surface area contributed by atoms with Gasteiger partial charge in [-0.25, -0.2) is 0 Å². The Morgan fingerprint density at radius 2 is 1.11 bits per heavy atom. The summed E-state index contributed by atoms with van der Waals surface area (Å²) < 4.78 is 0. The number of anilines is 2. The molecule has 0 aliphatic rings. The minimum absolute atomic E-state index is 0.163. The van der Waals surface area contributed by atoms with Gasteiger partial charge in [0.15, 0.2) is 0 Å². The van der Waals surface area contributed by atoms with Crippen LogP contribution in [0.2, 0.25) is 0 Å². The SMILES string of the molecule is Nc1ccc(O)cc1SSc1cc(O)ccc1N. The van der Waals surface area contributed by atoms with Gasteiger partial charge in [-0.3, -0.25) is 0 Å². The first-order valence-electron chi connectivity index (χ1n) is 5.08. The van der Waals surface area contributed by atoms with E-state index in [9.17, 15) is 10.2 Å². The summed E-state index contributed by atoms with van der Waals surface area (Å²) in [5.41, 5.74) is 12.8. The molecule has 0 amide bonds. The van der Waals surface area contributed by atoms with Crippen molar-refractivity contribution in [2.24, 2.45) is 0 Å². The highest BCUT2D eigenvalue weighted by atomic mass is 33.1. The number of phenols is 2. The number of hydrogen-bond acceptors (Lipinski definition) is 6. The Bertz CT molecular complexity index is 524. The van der Waals surface area contributed by atoms with E-state index in [1.807, 2.05) is 0 Å². The summed E-state index contributed by atoms with van der Waals surface area (Å²) in [7, 11) is 2.76. The van der Waals surface area contributed by atoms with Crippen molar-refractivity contribution in [3.8, 4) is 11.5 Å². The highest BCUT2D eigenvalue weighted by molar-refractivity contribution is 8.76. The van der Waals surface area contributed by atoms with Crippen LogP contribution in [0.1, 0.15) is 0 Å². The minimum Gasteiger partial charge on any atom is -0.508 e. The molecule has 0 heterocycles. The summed E-state index contributed by atoms with van der Waals surface area (Å²) in [5, 5.41) is 18.8. The van der Waals surface area contributed by atoms with Crippen LogP contribution >= 0.6 is 21.6 Å². The summed E-state index contributed by atoms with van der Waals surface area (Å²) >= 11 is 0. The monoisotopic (exact) mass is 280 g/mol. The van der Waals surface area contributed by atoms with Gasteiger partial charge in [-0.05, 0) is 36.4 Å². The summed E-state index contributed by atoms with van der Waals surface area (Å²) in [6.45, 7) is 0. The third kappa shape index (κ3) is 2.96. The molecular weight excluding hydrogens is 268 g/mol. The van der Waals surface area contributed by atoms with Gasteiger partial charge in [0.25, 0.3) is 0 Å². The molecule has 2 aromatic carbocycles. The number of rotatable bonds is 3. The third-order valence-corrected chi connectivity index (χ3v) is 4.69. The molecule has 18 heavy (non-hydrogen) atoms. The van der Waals surface area contributed by atoms with E-state index in [1.54, 1.807) is 24.3 Å². The maximum atomic E-state index is 9.39. The van der Waals surface area contributed by atoms with Gasteiger partial charge >= 0.3 is 0 Å². The Balaban J connectivity index is 2.16. The smallest absolute Gasteiger partial charge is 0.116 e. The van der Waals surface area contributed by atoms with E-state index in [4.69, 9.17) is 11.5 Å². The van der Waals surface area contributed by atoms with Crippen LogP contribution in [0.4, 0.5) is 11.4 Å². The van der Waals surface area contributed by atoms with Crippen molar-refractivity contribution in [3.05, 3.63) is 36.4 Å². The van der Waals surface area contributed by atoms with Gasteiger partial charge in [-0.15, -0.1) is 0 Å². The molecule has 0 aliphatic carbocycles. The zero-order valence-electron chi connectivity index (χ0n) is 9.33. The number of benzene rings is 2. The molecule has 0 radical (unpaired) electrons. The van der Waals surface area contributed by atoms with Crippen molar-refractivity contribution in [1.29, 1.82) is 0 Å². The van der Waals surface area contributed by atoms with Crippen LogP contribution in [0, 0.1) is 0 Å². The summed E-state index contributed by atoms with van der Waals surface area (Å²) in [6, 6.07) is 9.53. The van der Waals surface area contributed by atoms with E-state index in [1.165, 1.54) is 33.7 Å². The average Bonchev–Trinajstić information content (AvgIpc) is 2.34. The number of phenolic OH excluding ortho intramolecular Hbond substituents is 2. The lowest BCUT2D eigenvalue weighted by atomic mass is 10.3. The second-order valence-corrected chi connectivity index (χ2v) is 5.82. The van der Waals surface area contributed by atoms with E-state index in [2.05, 4.69) is 0 Å². The first-order chi connectivity index (χ1) is 8.56. The van der Waals surface area contributed by atoms with Crippen LogP contribution in [-0.4, -0.2) is 10.2 Å². The van der Waals surface area contributed by atoms with E-state index in [0.717, 1.165) is 9.79 Å². The number of hydrogen-bond donors (Lipinski definition) is 4. The highest BCUT2D eigenvalue weighted by Crippen LogP contribution is 2.43. The molecule has 0 aromatic heterocycles. The molecule has 0 spiro atoms. The van der Waals surface area contributed by atoms with Gasteiger partial charge in [0.05, 0.1) is 0 Å². The lowest BCUT2D eigenvalue weighted by molar-refractivity contribution is 0.473. The van der Waals surface area contributed by atoms with Crippen LogP contribution in [0.25, 0.3) is 0 Å². The first kappa shape index (κ1) is 12.8. The maximum Gasteiger partial charge on any atom is 0.116 e. The molecular formula is C12H12N2O2S2. The summed E-state index contributed by atoms with van der Waals surface area (Å²) in [5.74, 6) is 0.326. The second kappa shape index (κ2) is 5.32. The van der Waals surface area contributed by atoms with E-state index in [0.29, 0.717) is 11.4 Å². The first-order valence-corrected chi connectivity index (χ1v) is 7.23. The van der Waals surface area contributed by atoms with Gasteiger partial charge in [-0.1, -0.05) is 21.6 Å². The van der Waals surface area contributed by atoms with E-state index < -0.39 is 0 Å². The molecule has 4 nitrogen and oxygen atoms in total. The molecule has 0 aliphatic heterocycles. The van der Waals surface area contributed by atoms with Crippen molar-refractivity contribution in [1.82, 2.24) is 0 Å². The van der Waals surface area contributed by atoms with Crippen molar-refractivity contribution in [2.75, 3.05) is 11.5 Å². The highest BCUT2D eigenvalue weighted by Gasteiger charge is 2.06. The lowest BCUT2D eigenvalue weighted by Gasteiger charge is -2.07. The average molecular weight is 280 g/mol. The fourth-order valence-corrected chi connectivity index (χ4v) is 3.53. The maximum absolute atomic E-state index is 9.39. The predicted molar refractivity (Wildman–Crippen MR) is 76.8 cm³/mol. The van der Waals surface area contributed by atoms with Gasteiger partial charge in [0.2, 0.25) is 0 Å². The van der Waals surface area contributed by atoms with Crippen molar-refractivity contribution in [2.45, 2.75) is 9.79 Å². The van der Waals surface area contributed by atoms with Gasteiger partial charge in [0.1, 0.15) is 11.5 Å². The molecule has 0 bridgehead atoms. The lowest BCUT2D eigenvalue weighted by Crippen LogP contribution is -1.88. The molecule has 0 atom stereocenters. The molecule has 0 fully saturated rings. The fraction of sp³-hybridized carbons (Fsp3) is 0. The Labute approximate surface area is 112 Å². The second-order valence-electron chi connectivity index (χ2n) is 3.61. The summed E-state index contributed by atoms with van der Waals surface area (Å²) in [4.78, 5) is 1.51. The molecule has 6 heteroatoms. The van der Waals surface area contributed by atoms with E-state index in [-0.39, 0.29) is 11.5 Å². The zero-order chi connectivity index (χ0) is 13.1. The quantitative estimate of drug-likeness (QED) is 0.392. The fourth-order valence-electron chi connectivity index (χ4n) is 1.28. The largest absolute Gasteiger partial charge is 0.508 e. The molecule has 2 rings (SSSR count). The third-order valence-electron chi connectivity index (χ3n) is 2.22. The normalized spacial score (nSPS) is 10.4. The molecule has 0 saturated carbocycles. The van der Waals surface area contributed by atoms with Crippen molar-refractivity contribution >= 4 is 33.0 Å². The van der Waals surface area contributed by atoms with Crippen LogP contribution in [0.15, 0.2) is 46.2 Å². The number of nitrogens with two attached hydrogens (primary N) is 2. The van der Waals surface area contributed by atoms with Crippen LogP contribution in [0.5, 0.6) is 11.5 Å².